The summed E-state index contributed by atoms with van der Waals surface area (Å²) in [6.45, 7) is 5.10. The molecule has 0 aliphatic rings. The fraction of sp³-hybridized carbons (Fsp3) is 0.500. The zero-order valence-corrected chi connectivity index (χ0v) is 4.35. The van der Waals surface area contributed by atoms with E-state index in [2.05, 4.69) is 11.3 Å². The summed E-state index contributed by atoms with van der Waals surface area (Å²) in [6, 6.07) is 0. The van der Waals surface area contributed by atoms with Crippen LogP contribution in [0.3, 0.4) is 0 Å². The van der Waals surface area contributed by atoms with Crippen molar-refractivity contribution in [3.63, 3.8) is 0 Å². The van der Waals surface area contributed by atoms with Gasteiger partial charge in [0, 0.05) is 0 Å². The van der Waals surface area contributed by atoms with Crippen LogP contribution in [-0.4, -0.2) is 6.35 Å². The van der Waals surface area contributed by atoms with Crippen LogP contribution >= 0.6 is 0 Å². The number of nitrogens with two attached hydrogens (primary N) is 2. The molecule has 0 aromatic carbocycles. The van der Waals surface area contributed by atoms with Crippen LogP contribution in [0.4, 0.5) is 0 Å². The Bertz CT molecular complexity index is 70.1. The topological polar surface area (TPSA) is 61.3 Å². The van der Waals surface area contributed by atoms with E-state index in [4.69, 9.17) is 11.5 Å². The average Bonchev–Trinajstić information content (AvgIpc) is 1.27. The third-order valence-electron chi connectivity index (χ3n) is 0.337. The lowest BCUT2D eigenvalue weighted by molar-refractivity contribution is 0.130. The first-order chi connectivity index (χ1) is 3.13. The molecule has 0 spiro atoms. The molecule has 3 heteroatoms. The second-order valence-electron chi connectivity index (χ2n) is 1.28. The molecule has 0 unspecified atom stereocenters. The number of hydrogen-bond donors (Lipinski definition) is 2. The molecule has 0 rings (SSSR count). The van der Waals surface area contributed by atoms with Crippen molar-refractivity contribution in [2.45, 2.75) is 13.3 Å². The summed E-state index contributed by atoms with van der Waals surface area (Å²) in [5.74, 6) is 0.537. The lowest BCUT2D eigenvalue weighted by Crippen LogP contribution is -2.32. The van der Waals surface area contributed by atoms with Crippen LogP contribution in [0.2, 0.25) is 0 Å². The molecule has 0 saturated carbocycles. The fourth-order valence-electron chi connectivity index (χ4n) is 0.232. The van der Waals surface area contributed by atoms with E-state index >= 15 is 0 Å². The molecular weight excluding hydrogens is 92.1 g/mol. The van der Waals surface area contributed by atoms with Crippen molar-refractivity contribution in [3.8, 4) is 0 Å². The highest BCUT2D eigenvalue weighted by molar-refractivity contribution is 4.73. The Balaban J connectivity index is 3.13. The Labute approximate surface area is 42.9 Å². The zero-order valence-electron chi connectivity index (χ0n) is 4.35. The summed E-state index contributed by atoms with van der Waals surface area (Å²) in [5.41, 5.74) is 9.98. The fourth-order valence-corrected chi connectivity index (χ4v) is 0.232. The van der Waals surface area contributed by atoms with Gasteiger partial charge in [0.15, 0.2) is 0 Å². The standard InChI is InChI=1S/C4H10N2O/c1-3(2)7-4(5)6/h4H,1,5-6H2,2H3. The third kappa shape index (κ3) is 5.46. The van der Waals surface area contributed by atoms with Gasteiger partial charge in [0.2, 0.25) is 6.35 Å². The number of hydrogen-bond acceptors (Lipinski definition) is 3. The van der Waals surface area contributed by atoms with Crippen molar-refractivity contribution >= 4 is 0 Å². The summed E-state index contributed by atoms with van der Waals surface area (Å²) in [6.07, 6.45) is -0.725. The van der Waals surface area contributed by atoms with Crippen molar-refractivity contribution in [2.75, 3.05) is 0 Å². The molecule has 42 valence electrons. The highest BCUT2D eigenvalue weighted by Gasteiger charge is 1.88. The zero-order chi connectivity index (χ0) is 5.86. The maximum Gasteiger partial charge on any atom is 0.201 e. The predicted molar refractivity (Wildman–Crippen MR) is 28.1 cm³/mol. The van der Waals surface area contributed by atoms with Crippen LogP contribution in [-0.2, 0) is 4.74 Å². The summed E-state index contributed by atoms with van der Waals surface area (Å²) >= 11 is 0. The van der Waals surface area contributed by atoms with Crippen molar-refractivity contribution in [2.24, 2.45) is 11.5 Å². The molecule has 0 aromatic rings. The number of rotatable bonds is 2. The molecule has 3 nitrogen and oxygen atoms in total. The molecule has 0 radical (unpaired) electrons. The number of ether oxygens (including phenoxy) is 1. The minimum atomic E-state index is -0.725. The minimum absolute atomic E-state index is 0.537. The Hall–Kier alpha value is -0.540. The first kappa shape index (κ1) is 6.46. The molecule has 0 saturated heterocycles. The second kappa shape index (κ2) is 2.60. The molecule has 0 fully saturated rings. The van der Waals surface area contributed by atoms with Crippen LogP contribution in [0.1, 0.15) is 6.92 Å². The smallest absolute Gasteiger partial charge is 0.201 e. The van der Waals surface area contributed by atoms with Crippen LogP contribution in [0.25, 0.3) is 0 Å². The van der Waals surface area contributed by atoms with Gasteiger partial charge < -0.3 is 4.74 Å². The molecule has 0 aromatic heterocycles. The van der Waals surface area contributed by atoms with Crippen molar-refractivity contribution < 1.29 is 4.74 Å². The van der Waals surface area contributed by atoms with Gasteiger partial charge in [-0.25, -0.2) is 0 Å². The normalized spacial score (nSPS) is 9.14. The second-order valence-corrected chi connectivity index (χ2v) is 1.28. The van der Waals surface area contributed by atoms with E-state index in [0.717, 1.165) is 0 Å². The van der Waals surface area contributed by atoms with Crippen molar-refractivity contribution in [1.82, 2.24) is 0 Å². The van der Waals surface area contributed by atoms with Crippen LogP contribution in [0.15, 0.2) is 12.3 Å². The van der Waals surface area contributed by atoms with Gasteiger partial charge in [-0.05, 0) is 6.92 Å². The first-order valence-electron chi connectivity index (χ1n) is 1.96. The van der Waals surface area contributed by atoms with Gasteiger partial charge in [-0.3, -0.25) is 11.5 Å². The van der Waals surface area contributed by atoms with Gasteiger partial charge in [-0.15, -0.1) is 0 Å². The van der Waals surface area contributed by atoms with Crippen molar-refractivity contribution in [1.29, 1.82) is 0 Å². The molecule has 0 bridgehead atoms. The van der Waals surface area contributed by atoms with Gasteiger partial charge in [0.25, 0.3) is 0 Å². The SMILES string of the molecule is C=C(C)OC(N)N. The molecule has 0 aliphatic heterocycles. The van der Waals surface area contributed by atoms with Crippen LogP contribution in [0.5, 0.6) is 0 Å². The molecule has 7 heavy (non-hydrogen) atoms. The van der Waals surface area contributed by atoms with Crippen LogP contribution < -0.4 is 11.5 Å². The first-order valence-corrected chi connectivity index (χ1v) is 1.96. The quantitative estimate of drug-likeness (QED) is 0.373. The van der Waals surface area contributed by atoms with Gasteiger partial charge >= 0.3 is 0 Å². The molecule has 0 heterocycles. The molecule has 0 amide bonds. The molecular formula is C4H10N2O. The van der Waals surface area contributed by atoms with E-state index in [1.165, 1.54) is 0 Å². The average molecular weight is 102 g/mol. The van der Waals surface area contributed by atoms with E-state index in [-0.39, 0.29) is 0 Å². The Kier molecular flexibility index (Phi) is 2.40. The Morgan fingerprint density at radius 2 is 2.14 bits per heavy atom. The Morgan fingerprint density at radius 3 is 2.14 bits per heavy atom. The van der Waals surface area contributed by atoms with Crippen LogP contribution in [0, 0.1) is 0 Å². The highest BCUT2D eigenvalue weighted by Crippen LogP contribution is 1.86. The van der Waals surface area contributed by atoms with E-state index in [1.54, 1.807) is 6.92 Å². The number of allylic oxidation sites excluding steroid dienone is 1. The van der Waals surface area contributed by atoms with Gasteiger partial charge in [-0.1, -0.05) is 6.58 Å². The maximum absolute atomic E-state index is 4.99. The van der Waals surface area contributed by atoms with E-state index in [0.29, 0.717) is 5.76 Å². The van der Waals surface area contributed by atoms with E-state index in [1.807, 2.05) is 0 Å². The lowest BCUT2D eigenvalue weighted by Gasteiger charge is -2.06. The third-order valence-corrected chi connectivity index (χ3v) is 0.337. The van der Waals surface area contributed by atoms with Gasteiger partial charge in [0.05, 0.1) is 5.76 Å². The summed E-state index contributed by atoms with van der Waals surface area (Å²) in [4.78, 5) is 0. The molecule has 0 atom stereocenters. The van der Waals surface area contributed by atoms with E-state index < -0.39 is 6.35 Å². The molecule has 4 N–H and O–H groups in total. The Morgan fingerprint density at radius 1 is 1.71 bits per heavy atom. The summed E-state index contributed by atoms with van der Waals surface area (Å²) < 4.78 is 4.61. The minimum Gasteiger partial charge on any atom is -0.468 e. The predicted octanol–water partition coefficient (Wildman–Crippen LogP) is -0.262. The monoisotopic (exact) mass is 102 g/mol. The van der Waals surface area contributed by atoms with E-state index in [9.17, 15) is 0 Å². The summed E-state index contributed by atoms with van der Waals surface area (Å²) in [5, 5.41) is 0. The highest BCUT2D eigenvalue weighted by atomic mass is 16.5. The summed E-state index contributed by atoms with van der Waals surface area (Å²) in [7, 11) is 0. The molecule has 0 aliphatic carbocycles. The van der Waals surface area contributed by atoms with Gasteiger partial charge in [0.1, 0.15) is 0 Å². The van der Waals surface area contributed by atoms with Gasteiger partial charge in [-0.2, -0.15) is 0 Å². The van der Waals surface area contributed by atoms with Crippen molar-refractivity contribution in [3.05, 3.63) is 12.3 Å². The maximum atomic E-state index is 4.99. The lowest BCUT2D eigenvalue weighted by atomic mass is 10.7. The largest absolute Gasteiger partial charge is 0.468 e.